The Morgan fingerprint density at radius 1 is 1.31 bits per heavy atom. The standard InChI is InChI=1S/C20H22N2O4/c1-2-10-25-17-9-8-16-12-21-14-20(19(23)24,18(16)11-17)22-26-13-15-6-4-3-5-7-15/h2-9,11,21-22H,1,10,12-14H2,(H,23,24). The number of ether oxygens (including phenoxy) is 1. The Kier molecular flexibility index (Phi) is 5.68. The highest BCUT2D eigenvalue weighted by Gasteiger charge is 2.44. The topological polar surface area (TPSA) is 79.8 Å². The van der Waals surface area contributed by atoms with Gasteiger partial charge < -0.3 is 15.2 Å². The minimum atomic E-state index is -1.39. The summed E-state index contributed by atoms with van der Waals surface area (Å²) in [6.45, 7) is 5.04. The molecular formula is C20H22N2O4. The van der Waals surface area contributed by atoms with Crippen molar-refractivity contribution in [1.82, 2.24) is 10.8 Å². The number of fused-ring (bicyclic) bond motifs is 1. The van der Waals surface area contributed by atoms with Gasteiger partial charge in [-0.15, -0.1) is 0 Å². The number of hydrogen-bond donors (Lipinski definition) is 3. The molecule has 1 heterocycles. The number of carboxylic acid groups (broad SMARTS) is 1. The van der Waals surface area contributed by atoms with Crippen LogP contribution >= 0.6 is 0 Å². The summed E-state index contributed by atoms with van der Waals surface area (Å²) in [7, 11) is 0. The summed E-state index contributed by atoms with van der Waals surface area (Å²) < 4.78 is 5.57. The normalized spacial score (nSPS) is 18.8. The van der Waals surface area contributed by atoms with Gasteiger partial charge >= 0.3 is 5.97 Å². The molecule has 2 aromatic carbocycles. The Bertz CT molecular complexity index is 779. The molecule has 6 heteroatoms. The first-order chi connectivity index (χ1) is 12.7. The molecule has 1 aliphatic heterocycles. The molecule has 0 aliphatic carbocycles. The van der Waals surface area contributed by atoms with Crippen LogP contribution in [0.25, 0.3) is 0 Å². The monoisotopic (exact) mass is 354 g/mol. The smallest absolute Gasteiger partial charge is 0.332 e. The fraction of sp³-hybridized carbons (Fsp3) is 0.250. The van der Waals surface area contributed by atoms with E-state index in [9.17, 15) is 9.90 Å². The third-order valence-electron chi connectivity index (χ3n) is 4.31. The third-order valence-corrected chi connectivity index (χ3v) is 4.31. The molecule has 3 rings (SSSR count). The van der Waals surface area contributed by atoms with Crippen LogP contribution < -0.4 is 15.5 Å². The van der Waals surface area contributed by atoms with Crippen LogP contribution in [0.2, 0.25) is 0 Å². The molecule has 136 valence electrons. The van der Waals surface area contributed by atoms with Crippen molar-refractivity contribution in [3.63, 3.8) is 0 Å². The minimum absolute atomic E-state index is 0.203. The Balaban J connectivity index is 1.84. The number of benzene rings is 2. The number of hydroxylamine groups is 1. The number of nitrogens with one attached hydrogen (secondary N) is 2. The van der Waals surface area contributed by atoms with Crippen LogP contribution in [-0.2, 0) is 28.3 Å². The number of carboxylic acids is 1. The van der Waals surface area contributed by atoms with Crippen LogP contribution in [0.4, 0.5) is 0 Å². The van der Waals surface area contributed by atoms with E-state index in [0.717, 1.165) is 11.1 Å². The van der Waals surface area contributed by atoms with Gasteiger partial charge in [0.2, 0.25) is 0 Å². The van der Waals surface area contributed by atoms with Crippen LogP contribution in [0.3, 0.4) is 0 Å². The lowest BCUT2D eigenvalue weighted by Crippen LogP contribution is -2.58. The van der Waals surface area contributed by atoms with Crippen molar-refractivity contribution in [1.29, 1.82) is 0 Å². The van der Waals surface area contributed by atoms with Crippen molar-refractivity contribution in [2.45, 2.75) is 18.7 Å². The first-order valence-corrected chi connectivity index (χ1v) is 8.40. The highest BCUT2D eigenvalue weighted by atomic mass is 16.6. The molecule has 0 spiro atoms. The average molecular weight is 354 g/mol. The molecule has 0 radical (unpaired) electrons. The van der Waals surface area contributed by atoms with Gasteiger partial charge in [-0.05, 0) is 28.8 Å². The molecule has 1 aliphatic rings. The van der Waals surface area contributed by atoms with E-state index in [1.165, 1.54) is 0 Å². The van der Waals surface area contributed by atoms with Gasteiger partial charge in [0.15, 0.2) is 5.54 Å². The van der Waals surface area contributed by atoms with E-state index in [4.69, 9.17) is 9.57 Å². The van der Waals surface area contributed by atoms with Crippen LogP contribution in [0.1, 0.15) is 16.7 Å². The summed E-state index contributed by atoms with van der Waals surface area (Å²) in [5.41, 5.74) is 3.87. The first kappa shape index (κ1) is 18.1. The van der Waals surface area contributed by atoms with Crippen LogP contribution in [0.15, 0.2) is 61.2 Å². The SMILES string of the molecule is C=CCOc1ccc2c(c1)C(NOCc1ccccc1)(C(=O)O)CNC2. The summed E-state index contributed by atoms with van der Waals surface area (Å²) in [5, 5.41) is 13.1. The van der Waals surface area contributed by atoms with Gasteiger partial charge in [-0.2, -0.15) is 5.48 Å². The third kappa shape index (κ3) is 3.77. The Hall–Kier alpha value is -2.67. The predicted octanol–water partition coefficient (Wildman–Crippen LogP) is 2.36. The zero-order valence-corrected chi connectivity index (χ0v) is 14.4. The molecular weight excluding hydrogens is 332 g/mol. The molecule has 0 aromatic heterocycles. The summed E-state index contributed by atoms with van der Waals surface area (Å²) in [6.07, 6.45) is 1.65. The van der Waals surface area contributed by atoms with Gasteiger partial charge in [-0.25, -0.2) is 4.79 Å². The number of hydrogen-bond acceptors (Lipinski definition) is 5. The zero-order valence-electron chi connectivity index (χ0n) is 14.4. The maximum atomic E-state index is 12.2. The predicted molar refractivity (Wildman–Crippen MR) is 97.5 cm³/mol. The number of rotatable bonds is 8. The van der Waals surface area contributed by atoms with Crippen LogP contribution in [-0.4, -0.2) is 24.2 Å². The molecule has 6 nitrogen and oxygen atoms in total. The molecule has 26 heavy (non-hydrogen) atoms. The lowest BCUT2D eigenvalue weighted by atomic mass is 9.84. The molecule has 0 amide bonds. The van der Waals surface area contributed by atoms with Crippen LogP contribution in [0.5, 0.6) is 5.75 Å². The molecule has 0 saturated heterocycles. The van der Waals surface area contributed by atoms with Crippen molar-refractivity contribution >= 4 is 5.97 Å². The van der Waals surface area contributed by atoms with Crippen LogP contribution in [0, 0.1) is 0 Å². The largest absolute Gasteiger partial charge is 0.490 e. The Labute approximate surface area is 152 Å². The van der Waals surface area contributed by atoms with Crippen molar-refractivity contribution < 1.29 is 19.5 Å². The molecule has 0 fully saturated rings. The molecule has 1 atom stereocenters. The quantitative estimate of drug-likeness (QED) is 0.499. The molecule has 3 N–H and O–H groups in total. The average Bonchev–Trinajstić information content (AvgIpc) is 2.67. The molecule has 1 unspecified atom stereocenters. The van der Waals surface area contributed by atoms with Gasteiger partial charge in [0, 0.05) is 13.1 Å². The first-order valence-electron chi connectivity index (χ1n) is 8.40. The van der Waals surface area contributed by atoms with E-state index >= 15 is 0 Å². The summed E-state index contributed by atoms with van der Waals surface area (Å²) >= 11 is 0. The highest BCUT2D eigenvalue weighted by Crippen LogP contribution is 2.32. The van der Waals surface area contributed by atoms with Gasteiger partial charge in [0.1, 0.15) is 12.4 Å². The second kappa shape index (κ2) is 8.14. The van der Waals surface area contributed by atoms with Gasteiger partial charge in [-0.3, -0.25) is 4.84 Å². The van der Waals surface area contributed by atoms with Gasteiger partial charge in [-0.1, -0.05) is 49.1 Å². The molecule has 0 saturated carbocycles. The van der Waals surface area contributed by atoms with E-state index in [2.05, 4.69) is 17.4 Å². The number of carbonyl (C=O) groups is 1. The minimum Gasteiger partial charge on any atom is -0.490 e. The van der Waals surface area contributed by atoms with E-state index < -0.39 is 11.5 Å². The molecule has 0 bridgehead atoms. The zero-order chi connectivity index (χ0) is 18.4. The van der Waals surface area contributed by atoms with Crippen molar-refractivity contribution in [2.75, 3.05) is 13.2 Å². The summed E-state index contributed by atoms with van der Waals surface area (Å²) in [6, 6.07) is 15.0. The van der Waals surface area contributed by atoms with Crippen molar-refractivity contribution in [2.24, 2.45) is 0 Å². The van der Waals surface area contributed by atoms with Gasteiger partial charge in [0.25, 0.3) is 0 Å². The Morgan fingerprint density at radius 2 is 2.12 bits per heavy atom. The lowest BCUT2D eigenvalue weighted by Gasteiger charge is -2.36. The molecule has 2 aromatic rings. The summed E-state index contributed by atoms with van der Waals surface area (Å²) in [5.74, 6) is -0.416. The van der Waals surface area contributed by atoms with Crippen molar-refractivity contribution in [3.05, 3.63) is 77.9 Å². The van der Waals surface area contributed by atoms with E-state index in [1.54, 1.807) is 12.1 Å². The fourth-order valence-corrected chi connectivity index (χ4v) is 2.97. The van der Waals surface area contributed by atoms with E-state index in [-0.39, 0.29) is 13.2 Å². The second-order valence-corrected chi connectivity index (χ2v) is 6.11. The van der Waals surface area contributed by atoms with E-state index in [1.807, 2.05) is 42.5 Å². The number of aliphatic carboxylic acids is 1. The lowest BCUT2D eigenvalue weighted by molar-refractivity contribution is -0.155. The maximum Gasteiger partial charge on any atom is 0.332 e. The van der Waals surface area contributed by atoms with Gasteiger partial charge in [0.05, 0.1) is 6.61 Å². The summed E-state index contributed by atoms with van der Waals surface area (Å²) in [4.78, 5) is 17.7. The second-order valence-electron chi connectivity index (χ2n) is 6.11. The maximum absolute atomic E-state index is 12.2. The fourth-order valence-electron chi connectivity index (χ4n) is 2.97. The van der Waals surface area contributed by atoms with Crippen molar-refractivity contribution in [3.8, 4) is 5.75 Å². The van der Waals surface area contributed by atoms with E-state index in [0.29, 0.717) is 24.5 Å². The Morgan fingerprint density at radius 3 is 2.85 bits per heavy atom. The highest BCUT2D eigenvalue weighted by molar-refractivity contribution is 5.82.